The fraction of sp³-hybridized carbons (Fsp3) is 0.833. The van der Waals surface area contributed by atoms with Crippen LogP contribution in [0.1, 0.15) is 38.5 Å². The monoisotopic (exact) mass is 259 g/mol. The number of carbonyl (C=O) groups excluding carboxylic acids is 1. The van der Waals surface area contributed by atoms with E-state index in [1.165, 1.54) is 6.42 Å². The number of amides is 1. The van der Waals surface area contributed by atoms with Crippen LogP contribution in [-0.2, 0) is 9.59 Å². The van der Waals surface area contributed by atoms with Crippen molar-refractivity contribution in [3.8, 4) is 0 Å². The maximum Gasteiger partial charge on any atom is 0.326 e. The van der Waals surface area contributed by atoms with Crippen molar-refractivity contribution in [3.63, 3.8) is 0 Å². The average molecular weight is 259 g/mol. The van der Waals surface area contributed by atoms with Crippen LogP contribution in [-0.4, -0.2) is 35.0 Å². The third-order valence-corrected chi connectivity index (χ3v) is 3.85. The first-order chi connectivity index (χ1) is 8.15. The second-order valence-corrected chi connectivity index (χ2v) is 5.51. The molecule has 1 fully saturated rings. The molecule has 0 heterocycles. The minimum absolute atomic E-state index is 0.111. The molecule has 0 spiro atoms. The first-order valence-electron chi connectivity index (χ1n) is 6.16. The molecule has 1 rings (SSSR count). The first-order valence-corrected chi connectivity index (χ1v) is 7.55. The van der Waals surface area contributed by atoms with E-state index in [-0.39, 0.29) is 11.8 Å². The highest BCUT2D eigenvalue weighted by Crippen LogP contribution is 2.26. The Morgan fingerprint density at radius 2 is 2.00 bits per heavy atom. The molecule has 0 saturated heterocycles. The molecule has 5 heteroatoms. The van der Waals surface area contributed by atoms with Crippen LogP contribution >= 0.6 is 11.8 Å². The molecule has 0 aromatic heterocycles. The topological polar surface area (TPSA) is 66.4 Å². The van der Waals surface area contributed by atoms with Gasteiger partial charge in [-0.1, -0.05) is 19.3 Å². The van der Waals surface area contributed by atoms with Crippen LogP contribution in [0.3, 0.4) is 0 Å². The summed E-state index contributed by atoms with van der Waals surface area (Å²) in [5.41, 5.74) is 0. The molecule has 0 bridgehead atoms. The molecule has 1 unspecified atom stereocenters. The van der Waals surface area contributed by atoms with E-state index in [4.69, 9.17) is 0 Å². The summed E-state index contributed by atoms with van der Waals surface area (Å²) in [6.07, 6.45) is 7.51. The SMILES string of the molecule is CSCCC(=O)NC(C(=O)O)C1CCCCC1. The Morgan fingerprint density at radius 3 is 2.53 bits per heavy atom. The van der Waals surface area contributed by atoms with Crippen LogP contribution < -0.4 is 5.32 Å². The van der Waals surface area contributed by atoms with Crippen molar-refractivity contribution in [1.29, 1.82) is 0 Å². The van der Waals surface area contributed by atoms with Gasteiger partial charge in [0.25, 0.3) is 0 Å². The normalized spacial score (nSPS) is 18.6. The van der Waals surface area contributed by atoms with Gasteiger partial charge in [0, 0.05) is 12.2 Å². The molecule has 98 valence electrons. The maximum atomic E-state index is 11.6. The molecule has 1 amide bonds. The molecule has 1 saturated carbocycles. The third-order valence-electron chi connectivity index (χ3n) is 3.24. The predicted octanol–water partition coefficient (Wildman–Crippen LogP) is 1.89. The van der Waals surface area contributed by atoms with Crippen LogP contribution in [0, 0.1) is 5.92 Å². The van der Waals surface area contributed by atoms with Gasteiger partial charge in [-0.05, 0) is 25.0 Å². The molecular formula is C12H21NO3S. The van der Waals surface area contributed by atoms with E-state index in [2.05, 4.69) is 5.32 Å². The van der Waals surface area contributed by atoms with E-state index < -0.39 is 12.0 Å². The summed E-state index contributed by atoms with van der Waals surface area (Å²) in [4.78, 5) is 22.8. The van der Waals surface area contributed by atoms with E-state index in [0.717, 1.165) is 31.4 Å². The number of carboxylic acids is 1. The molecule has 1 aliphatic rings. The summed E-state index contributed by atoms with van der Waals surface area (Å²) in [5.74, 6) is -0.186. The van der Waals surface area contributed by atoms with Crippen molar-refractivity contribution in [2.45, 2.75) is 44.6 Å². The minimum atomic E-state index is -0.894. The predicted molar refractivity (Wildman–Crippen MR) is 69.1 cm³/mol. The van der Waals surface area contributed by atoms with E-state index in [1.807, 2.05) is 6.26 Å². The lowest BCUT2D eigenvalue weighted by Gasteiger charge is -2.28. The standard InChI is InChI=1S/C12H21NO3S/c1-17-8-7-10(14)13-11(12(15)16)9-5-3-2-4-6-9/h9,11H,2-8H2,1H3,(H,13,14)(H,15,16). The van der Waals surface area contributed by atoms with E-state index >= 15 is 0 Å². The third kappa shape index (κ3) is 4.98. The summed E-state index contributed by atoms with van der Waals surface area (Å²) in [7, 11) is 0. The number of nitrogens with one attached hydrogen (secondary N) is 1. The Labute approximate surface area is 107 Å². The molecule has 1 atom stereocenters. The number of rotatable bonds is 6. The Bertz CT molecular complexity index is 264. The highest BCUT2D eigenvalue weighted by atomic mass is 32.2. The molecule has 1 aliphatic carbocycles. The Morgan fingerprint density at radius 1 is 1.35 bits per heavy atom. The van der Waals surface area contributed by atoms with Crippen molar-refractivity contribution < 1.29 is 14.7 Å². The van der Waals surface area contributed by atoms with Gasteiger partial charge in [-0.2, -0.15) is 11.8 Å². The molecule has 0 radical (unpaired) electrons. The van der Waals surface area contributed by atoms with Gasteiger partial charge in [0.1, 0.15) is 6.04 Å². The number of carbonyl (C=O) groups is 2. The second kappa shape index (κ2) is 7.58. The van der Waals surface area contributed by atoms with Gasteiger partial charge in [0.2, 0.25) is 5.91 Å². The fourth-order valence-corrected chi connectivity index (χ4v) is 2.68. The number of hydrogen-bond donors (Lipinski definition) is 2. The molecular weight excluding hydrogens is 238 g/mol. The molecule has 0 aromatic carbocycles. The zero-order valence-corrected chi connectivity index (χ0v) is 11.1. The Hall–Kier alpha value is -0.710. The smallest absolute Gasteiger partial charge is 0.326 e. The summed E-state index contributed by atoms with van der Waals surface area (Å²) < 4.78 is 0. The number of aliphatic carboxylic acids is 1. The van der Waals surface area contributed by atoms with Gasteiger partial charge >= 0.3 is 5.97 Å². The molecule has 0 aromatic rings. The second-order valence-electron chi connectivity index (χ2n) is 4.52. The minimum Gasteiger partial charge on any atom is -0.480 e. The lowest BCUT2D eigenvalue weighted by Crippen LogP contribution is -2.46. The lowest BCUT2D eigenvalue weighted by molar-refractivity contribution is -0.143. The molecule has 17 heavy (non-hydrogen) atoms. The van der Waals surface area contributed by atoms with Gasteiger partial charge in [0.05, 0.1) is 0 Å². The van der Waals surface area contributed by atoms with Crippen LogP contribution in [0.5, 0.6) is 0 Å². The Kier molecular flexibility index (Phi) is 6.40. The zero-order chi connectivity index (χ0) is 12.7. The number of hydrogen-bond acceptors (Lipinski definition) is 3. The zero-order valence-electron chi connectivity index (χ0n) is 10.3. The summed E-state index contributed by atoms with van der Waals surface area (Å²) in [6, 6.07) is -0.690. The molecule has 4 nitrogen and oxygen atoms in total. The van der Waals surface area contributed by atoms with Crippen molar-refractivity contribution >= 4 is 23.6 Å². The lowest BCUT2D eigenvalue weighted by atomic mass is 9.84. The van der Waals surface area contributed by atoms with Gasteiger partial charge in [-0.3, -0.25) is 4.79 Å². The van der Waals surface area contributed by atoms with Gasteiger partial charge in [-0.15, -0.1) is 0 Å². The highest BCUT2D eigenvalue weighted by Gasteiger charge is 2.30. The van der Waals surface area contributed by atoms with Gasteiger partial charge < -0.3 is 10.4 Å². The van der Waals surface area contributed by atoms with Crippen molar-refractivity contribution in [2.24, 2.45) is 5.92 Å². The first kappa shape index (κ1) is 14.4. The van der Waals surface area contributed by atoms with Crippen molar-refractivity contribution in [1.82, 2.24) is 5.32 Å². The summed E-state index contributed by atoms with van der Waals surface area (Å²) in [6.45, 7) is 0. The fourth-order valence-electron chi connectivity index (χ4n) is 2.29. The number of thioether (sulfide) groups is 1. The van der Waals surface area contributed by atoms with Crippen molar-refractivity contribution in [3.05, 3.63) is 0 Å². The van der Waals surface area contributed by atoms with E-state index in [9.17, 15) is 14.7 Å². The van der Waals surface area contributed by atoms with Crippen LogP contribution in [0.4, 0.5) is 0 Å². The van der Waals surface area contributed by atoms with E-state index in [0.29, 0.717) is 6.42 Å². The van der Waals surface area contributed by atoms with Crippen LogP contribution in [0.15, 0.2) is 0 Å². The molecule has 2 N–H and O–H groups in total. The van der Waals surface area contributed by atoms with Crippen LogP contribution in [0.2, 0.25) is 0 Å². The summed E-state index contributed by atoms with van der Waals surface area (Å²) in [5, 5.41) is 11.8. The maximum absolute atomic E-state index is 11.6. The average Bonchev–Trinajstić information content (AvgIpc) is 2.34. The largest absolute Gasteiger partial charge is 0.480 e. The Balaban J connectivity index is 2.47. The molecule has 0 aliphatic heterocycles. The summed E-state index contributed by atoms with van der Waals surface area (Å²) >= 11 is 1.59. The van der Waals surface area contributed by atoms with E-state index in [1.54, 1.807) is 11.8 Å². The quantitative estimate of drug-likeness (QED) is 0.764. The highest BCUT2D eigenvalue weighted by molar-refractivity contribution is 7.98. The van der Waals surface area contributed by atoms with Crippen LogP contribution in [0.25, 0.3) is 0 Å². The number of carboxylic acid groups (broad SMARTS) is 1. The van der Waals surface area contributed by atoms with Gasteiger partial charge in [-0.25, -0.2) is 4.79 Å². The van der Waals surface area contributed by atoms with Crippen molar-refractivity contribution in [2.75, 3.05) is 12.0 Å². The van der Waals surface area contributed by atoms with Gasteiger partial charge in [0.15, 0.2) is 0 Å².